The van der Waals surface area contributed by atoms with Gasteiger partial charge in [-0.1, -0.05) is 24.3 Å². The fraction of sp³-hybridized carbons (Fsp3) is 0.562. The molecule has 7 nitrogen and oxygen atoms in total. The molecule has 1 amide bonds. The number of hydrogen-bond donors (Lipinski definition) is 3. The van der Waals surface area contributed by atoms with Crippen molar-refractivity contribution in [3.05, 3.63) is 29.8 Å². The number of rotatable bonds is 9. The third kappa shape index (κ3) is 8.92. The zero-order valence-corrected chi connectivity index (χ0v) is 15.3. The third-order valence-corrected chi connectivity index (χ3v) is 3.39. The maximum absolute atomic E-state index is 12.4. The van der Waals surface area contributed by atoms with Crippen LogP contribution in [0, 0.1) is 0 Å². The Morgan fingerprint density at radius 3 is 2.44 bits per heavy atom. The summed E-state index contributed by atoms with van der Waals surface area (Å²) >= 11 is 0. The van der Waals surface area contributed by atoms with E-state index >= 15 is 0 Å². The summed E-state index contributed by atoms with van der Waals surface area (Å²) in [6.07, 6.45) is 1.19. The molecule has 0 aliphatic carbocycles. The van der Waals surface area contributed by atoms with E-state index in [4.69, 9.17) is 25.2 Å². The lowest BCUT2D eigenvalue weighted by molar-refractivity contribution is 0.0233. The molecule has 0 heterocycles. The lowest BCUT2D eigenvalue weighted by Gasteiger charge is -2.27. The standard InChI is InChI=1S/C16H28B2N2O5/c1-16(2,3)25-15(21)20(10-4-9-17-24-12-19)11-13-5-7-14(8-6-13)18(22)23/h5-8,17,22-23H,4,9-12,19H2,1-3H3. The number of hydrogen-bond acceptors (Lipinski definition) is 6. The first kappa shape index (κ1) is 21.5. The second-order valence-electron chi connectivity index (χ2n) is 6.80. The van der Waals surface area contributed by atoms with E-state index in [1.807, 2.05) is 20.8 Å². The zero-order chi connectivity index (χ0) is 18.9. The summed E-state index contributed by atoms with van der Waals surface area (Å²) in [5.74, 6) is 0. The van der Waals surface area contributed by atoms with Crippen LogP contribution in [0.5, 0.6) is 0 Å². The highest BCUT2D eigenvalue weighted by atomic mass is 16.6. The topological polar surface area (TPSA) is 105 Å². The van der Waals surface area contributed by atoms with Crippen molar-refractivity contribution in [2.24, 2.45) is 5.73 Å². The van der Waals surface area contributed by atoms with Gasteiger partial charge in [0.2, 0.25) is 0 Å². The molecule has 0 aliphatic rings. The predicted molar refractivity (Wildman–Crippen MR) is 99.6 cm³/mol. The molecular weight excluding hydrogens is 322 g/mol. The summed E-state index contributed by atoms with van der Waals surface area (Å²) in [6.45, 7) is 6.60. The summed E-state index contributed by atoms with van der Waals surface area (Å²) < 4.78 is 10.6. The van der Waals surface area contributed by atoms with Crippen molar-refractivity contribution in [2.75, 3.05) is 13.3 Å². The number of carbonyl (C=O) groups excluding carboxylic acids is 1. The molecule has 9 heteroatoms. The van der Waals surface area contributed by atoms with Crippen molar-refractivity contribution in [2.45, 2.75) is 45.7 Å². The molecule has 0 aromatic heterocycles. The van der Waals surface area contributed by atoms with E-state index in [1.54, 1.807) is 29.2 Å². The molecule has 0 bridgehead atoms. The van der Waals surface area contributed by atoms with Crippen molar-refractivity contribution >= 4 is 26.2 Å². The zero-order valence-electron chi connectivity index (χ0n) is 15.3. The Kier molecular flexibility index (Phi) is 8.99. The van der Waals surface area contributed by atoms with Crippen molar-refractivity contribution < 1.29 is 24.2 Å². The Bertz CT molecular complexity index is 520. The highest BCUT2D eigenvalue weighted by Gasteiger charge is 2.22. The predicted octanol–water partition coefficient (Wildman–Crippen LogP) is 0.196. The molecule has 4 N–H and O–H groups in total. The largest absolute Gasteiger partial charge is 0.488 e. The summed E-state index contributed by atoms with van der Waals surface area (Å²) in [5.41, 5.74) is 6.01. The lowest BCUT2D eigenvalue weighted by atomic mass is 9.80. The minimum absolute atomic E-state index is 0.193. The van der Waals surface area contributed by atoms with Crippen LogP contribution in [0.2, 0.25) is 6.32 Å². The molecular formula is C16H28B2N2O5. The number of ether oxygens (including phenoxy) is 1. The SMILES string of the molecule is CC(C)(C)OC(=O)N(CCCBOCN)Cc1ccc(B(O)O)cc1. The van der Waals surface area contributed by atoms with Crippen LogP contribution in [0.25, 0.3) is 0 Å². The molecule has 0 unspecified atom stereocenters. The molecule has 0 fully saturated rings. The second-order valence-corrected chi connectivity index (χ2v) is 6.80. The molecule has 25 heavy (non-hydrogen) atoms. The van der Waals surface area contributed by atoms with Crippen LogP contribution < -0.4 is 11.2 Å². The van der Waals surface area contributed by atoms with Gasteiger partial charge in [0.05, 0.1) is 6.73 Å². The molecule has 1 aromatic rings. The van der Waals surface area contributed by atoms with Gasteiger partial charge in [0.15, 0.2) is 0 Å². The summed E-state index contributed by atoms with van der Waals surface area (Å²) in [4.78, 5) is 14.1. The van der Waals surface area contributed by atoms with Crippen LogP contribution >= 0.6 is 0 Å². The van der Waals surface area contributed by atoms with Gasteiger partial charge >= 0.3 is 13.2 Å². The highest BCUT2D eigenvalue weighted by Crippen LogP contribution is 2.13. The average Bonchev–Trinajstić information content (AvgIpc) is 2.52. The summed E-state index contributed by atoms with van der Waals surface area (Å²) in [5, 5.41) is 18.3. The number of benzene rings is 1. The fourth-order valence-corrected chi connectivity index (χ4v) is 2.17. The number of amides is 1. The highest BCUT2D eigenvalue weighted by molar-refractivity contribution is 6.58. The van der Waals surface area contributed by atoms with Crippen LogP contribution in [0.1, 0.15) is 32.8 Å². The Balaban J connectivity index is 2.70. The second kappa shape index (κ2) is 10.5. The third-order valence-electron chi connectivity index (χ3n) is 3.39. The average molecular weight is 350 g/mol. The van der Waals surface area contributed by atoms with Crippen molar-refractivity contribution in [3.8, 4) is 0 Å². The van der Waals surface area contributed by atoms with Gasteiger partial charge in [0.1, 0.15) is 5.60 Å². The molecule has 0 atom stereocenters. The fourth-order valence-electron chi connectivity index (χ4n) is 2.17. The van der Waals surface area contributed by atoms with Crippen molar-refractivity contribution in [1.82, 2.24) is 4.90 Å². The summed E-state index contributed by atoms with van der Waals surface area (Å²) in [6, 6.07) is 6.79. The minimum atomic E-state index is -1.50. The Labute approximate surface area is 150 Å². The molecule has 0 spiro atoms. The van der Waals surface area contributed by atoms with E-state index in [9.17, 15) is 4.79 Å². The van der Waals surface area contributed by atoms with Crippen LogP contribution in [0.4, 0.5) is 4.79 Å². The van der Waals surface area contributed by atoms with E-state index in [0.29, 0.717) is 26.0 Å². The molecule has 0 radical (unpaired) electrons. The molecule has 0 saturated carbocycles. The van der Waals surface area contributed by atoms with Gasteiger partial charge in [0.25, 0.3) is 7.48 Å². The van der Waals surface area contributed by atoms with Gasteiger partial charge in [-0.15, -0.1) is 0 Å². The van der Waals surface area contributed by atoms with E-state index in [1.165, 1.54) is 0 Å². The van der Waals surface area contributed by atoms with E-state index in [2.05, 4.69) is 0 Å². The van der Waals surface area contributed by atoms with Crippen molar-refractivity contribution in [1.29, 1.82) is 0 Å². The van der Waals surface area contributed by atoms with E-state index in [-0.39, 0.29) is 12.8 Å². The molecule has 1 rings (SSSR count). The van der Waals surface area contributed by atoms with Gasteiger partial charge in [-0.3, -0.25) is 0 Å². The molecule has 0 aliphatic heterocycles. The summed E-state index contributed by atoms with van der Waals surface area (Å²) in [7, 11) is -0.944. The van der Waals surface area contributed by atoms with Crippen LogP contribution in [0.3, 0.4) is 0 Å². The van der Waals surface area contributed by atoms with Crippen LogP contribution in [-0.4, -0.2) is 54.5 Å². The number of nitrogens with zero attached hydrogens (tertiary/aromatic N) is 1. The molecule has 1 aromatic carbocycles. The van der Waals surface area contributed by atoms with E-state index < -0.39 is 12.7 Å². The lowest BCUT2D eigenvalue weighted by Crippen LogP contribution is -2.37. The van der Waals surface area contributed by atoms with Gasteiger partial charge < -0.3 is 30.1 Å². The normalized spacial score (nSPS) is 11.1. The molecule has 138 valence electrons. The Hall–Kier alpha value is -1.54. The van der Waals surface area contributed by atoms with Crippen LogP contribution in [0.15, 0.2) is 24.3 Å². The molecule has 0 saturated heterocycles. The van der Waals surface area contributed by atoms with Crippen LogP contribution in [-0.2, 0) is 15.9 Å². The minimum Gasteiger partial charge on any atom is -0.444 e. The first-order chi connectivity index (χ1) is 11.7. The Morgan fingerprint density at radius 1 is 1.28 bits per heavy atom. The maximum Gasteiger partial charge on any atom is 0.488 e. The van der Waals surface area contributed by atoms with E-state index in [0.717, 1.165) is 18.3 Å². The van der Waals surface area contributed by atoms with Crippen molar-refractivity contribution in [3.63, 3.8) is 0 Å². The first-order valence-corrected chi connectivity index (χ1v) is 8.43. The van der Waals surface area contributed by atoms with Gasteiger partial charge in [-0.05, 0) is 44.5 Å². The number of nitrogens with two attached hydrogens (primary N) is 1. The Morgan fingerprint density at radius 2 is 1.92 bits per heavy atom. The first-order valence-electron chi connectivity index (χ1n) is 8.43. The quantitative estimate of drug-likeness (QED) is 0.334. The monoisotopic (exact) mass is 350 g/mol. The van der Waals surface area contributed by atoms with Gasteiger partial charge in [-0.2, -0.15) is 0 Å². The van der Waals surface area contributed by atoms with Gasteiger partial charge in [0, 0.05) is 13.1 Å². The smallest absolute Gasteiger partial charge is 0.444 e. The number of carbonyl (C=O) groups is 1. The van der Waals surface area contributed by atoms with Gasteiger partial charge in [-0.25, -0.2) is 4.79 Å². The maximum atomic E-state index is 12.4.